The maximum Gasteiger partial charge on any atom is 0.292 e. The Bertz CT molecular complexity index is 1890. The minimum absolute atomic E-state index is 0.0198. The molecule has 48 heavy (non-hydrogen) atoms. The number of methoxy groups -OCH3 is 1. The molecule has 11 heteroatoms. The van der Waals surface area contributed by atoms with Gasteiger partial charge in [-0.05, 0) is 85.6 Å². The summed E-state index contributed by atoms with van der Waals surface area (Å²) in [4.78, 5) is 40.3. The summed E-state index contributed by atoms with van der Waals surface area (Å²) in [5.41, 5.74) is 7.51. The van der Waals surface area contributed by atoms with Gasteiger partial charge in [0.25, 0.3) is 6.47 Å². The molecular weight excluding hydrogens is 606 g/mol. The van der Waals surface area contributed by atoms with Crippen LogP contribution in [0.2, 0.25) is 0 Å². The molecule has 0 aliphatic carbocycles. The molecule has 2 fully saturated rings. The molecule has 0 radical (unpaired) electrons. The highest BCUT2D eigenvalue weighted by Crippen LogP contribution is 2.43. The SMILES string of the molecule is CCC.CNCC(=O)N1CCCC1c1nc2c(ccc3cc4c(cc32)OCc2cc(-c3cnc([C@@H]5CCCN5)[nH]3)ccc2-4)[nH]1.COC=O. The van der Waals surface area contributed by atoms with Crippen molar-refractivity contribution in [3.05, 3.63) is 65.9 Å². The summed E-state index contributed by atoms with van der Waals surface area (Å²) < 4.78 is 10.2. The van der Waals surface area contributed by atoms with Crippen LogP contribution in [0.4, 0.5) is 0 Å². The highest BCUT2D eigenvalue weighted by Gasteiger charge is 2.32. The summed E-state index contributed by atoms with van der Waals surface area (Å²) in [6.07, 6.45) is 7.40. The van der Waals surface area contributed by atoms with Crippen LogP contribution >= 0.6 is 0 Å². The van der Waals surface area contributed by atoms with Crippen molar-refractivity contribution in [3.8, 4) is 28.1 Å². The van der Waals surface area contributed by atoms with Crippen molar-refractivity contribution in [2.75, 3.05) is 33.8 Å². The highest BCUT2D eigenvalue weighted by molar-refractivity contribution is 6.07. The molecule has 2 atom stereocenters. The van der Waals surface area contributed by atoms with E-state index in [0.717, 1.165) is 88.4 Å². The van der Waals surface area contributed by atoms with Crippen LogP contribution in [-0.4, -0.2) is 71.0 Å². The number of likely N-dealkylation sites (N-methyl/N-ethyl adjacent to an activating group) is 1. The van der Waals surface area contributed by atoms with E-state index in [1.165, 1.54) is 31.1 Å². The second-order valence-corrected chi connectivity index (χ2v) is 12.5. The van der Waals surface area contributed by atoms with Crippen molar-refractivity contribution < 1.29 is 19.1 Å². The number of imidazole rings is 2. The van der Waals surface area contributed by atoms with Crippen LogP contribution in [0.25, 0.3) is 44.2 Å². The maximum absolute atomic E-state index is 12.7. The summed E-state index contributed by atoms with van der Waals surface area (Å²) >= 11 is 0. The number of hydrogen-bond donors (Lipinski definition) is 4. The first-order valence-electron chi connectivity index (χ1n) is 16.9. The van der Waals surface area contributed by atoms with Gasteiger partial charge >= 0.3 is 0 Å². The van der Waals surface area contributed by atoms with Gasteiger partial charge in [-0.2, -0.15) is 0 Å². The first-order valence-corrected chi connectivity index (χ1v) is 16.9. The number of rotatable bonds is 6. The minimum atomic E-state index is -0.0198. The topological polar surface area (TPSA) is 137 Å². The number of aromatic nitrogens is 4. The maximum atomic E-state index is 12.7. The van der Waals surface area contributed by atoms with Gasteiger partial charge in [-0.1, -0.05) is 38.5 Å². The number of aromatic amines is 2. The van der Waals surface area contributed by atoms with Crippen LogP contribution in [0.5, 0.6) is 5.75 Å². The van der Waals surface area contributed by atoms with Gasteiger partial charge in [-0.15, -0.1) is 0 Å². The Kier molecular flexibility index (Phi) is 10.4. The number of likely N-dealkylation sites (tertiary alicyclic amines) is 1. The van der Waals surface area contributed by atoms with Crippen LogP contribution in [0, 0.1) is 0 Å². The predicted octanol–water partition coefficient (Wildman–Crippen LogP) is 6.18. The number of amides is 1. The average molecular weight is 652 g/mol. The number of hydrogen-bond acceptors (Lipinski definition) is 8. The van der Waals surface area contributed by atoms with E-state index >= 15 is 0 Å². The molecule has 0 bridgehead atoms. The van der Waals surface area contributed by atoms with Crippen molar-refractivity contribution in [2.45, 2.75) is 64.6 Å². The van der Waals surface area contributed by atoms with Gasteiger partial charge in [0.05, 0.1) is 48.7 Å². The molecule has 0 saturated carbocycles. The molecule has 8 rings (SSSR count). The summed E-state index contributed by atoms with van der Waals surface area (Å²) in [5, 5.41) is 8.67. The van der Waals surface area contributed by atoms with Gasteiger partial charge in [0, 0.05) is 17.5 Å². The zero-order valence-electron chi connectivity index (χ0n) is 28.2. The number of carbonyl (C=O) groups excluding carboxylic acids is 2. The monoisotopic (exact) mass is 651 g/mol. The molecule has 1 unspecified atom stereocenters. The van der Waals surface area contributed by atoms with Crippen LogP contribution in [0.3, 0.4) is 0 Å². The summed E-state index contributed by atoms with van der Waals surface area (Å²) in [6, 6.07) is 15.5. The Morgan fingerprint density at radius 1 is 1.08 bits per heavy atom. The van der Waals surface area contributed by atoms with Crippen molar-refractivity contribution in [3.63, 3.8) is 0 Å². The Morgan fingerprint density at radius 2 is 1.92 bits per heavy atom. The van der Waals surface area contributed by atoms with Crippen LogP contribution in [-0.2, 0) is 20.9 Å². The van der Waals surface area contributed by atoms with Crippen LogP contribution < -0.4 is 15.4 Å². The number of carbonyl (C=O) groups is 2. The van der Waals surface area contributed by atoms with Gasteiger partial charge < -0.3 is 35.0 Å². The van der Waals surface area contributed by atoms with Crippen LogP contribution in [0.1, 0.15) is 75.2 Å². The van der Waals surface area contributed by atoms with E-state index in [1.54, 1.807) is 7.05 Å². The highest BCUT2D eigenvalue weighted by atomic mass is 16.5. The van der Waals surface area contributed by atoms with E-state index in [9.17, 15) is 4.79 Å². The quantitative estimate of drug-likeness (QED) is 0.160. The van der Waals surface area contributed by atoms with Crippen molar-refractivity contribution in [1.29, 1.82) is 0 Å². The lowest BCUT2D eigenvalue weighted by molar-refractivity contribution is -0.131. The fourth-order valence-electron chi connectivity index (χ4n) is 6.81. The first kappa shape index (κ1) is 33.2. The van der Waals surface area contributed by atoms with Gasteiger partial charge in [0.2, 0.25) is 5.91 Å². The van der Waals surface area contributed by atoms with Crippen molar-refractivity contribution in [2.24, 2.45) is 0 Å². The summed E-state index contributed by atoms with van der Waals surface area (Å²) in [5.74, 6) is 2.86. The zero-order chi connectivity index (χ0) is 33.6. The number of nitrogens with zero attached hydrogens (tertiary/aromatic N) is 3. The van der Waals surface area contributed by atoms with Crippen molar-refractivity contribution >= 4 is 34.2 Å². The molecule has 11 nitrogen and oxygen atoms in total. The Balaban J connectivity index is 0.000000528. The third kappa shape index (κ3) is 6.65. The fourth-order valence-corrected chi connectivity index (χ4v) is 6.81. The van der Waals surface area contributed by atoms with E-state index in [2.05, 4.69) is 86.6 Å². The lowest BCUT2D eigenvalue weighted by Crippen LogP contribution is -2.37. The Hall–Kier alpha value is -4.74. The van der Waals surface area contributed by atoms with Gasteiger partial charge in [-0.3, -0.25) is 9.59 Å². The summed E-state index contributed by atoms with van der Waals surface area (Å²) in [7, 11) is 3.12. The number of H-pyrrole nitrogens is 2. The number of benzene rings is 3. The van der Waals surface area contributed by atoms with E-state index in [-0.39, 0.29) is 11.9 Å². The van der Waals surface area contributed by atoms with Crippen LogP contribution in [0.15, 0.2) is 48.7 Å². The molecule has 1 amide bonds. The molecule has 0 spiro atoms. The number of nitrogens with one attached hydrogen (secondary N) is 4. The lowest BCUT2D eigenvalue weighted by atomic mass is 9.92. The van der Waals surface area contributed by atoms with E-state index in [4.69, 9.17) is 14.5 Å². The van der Waals surface area contributed by atoms with E-state index < -0.39 is 0 Å². The lowest BCUT2D eigenvalue weighted by Gasteiger charge is -2.23. The Labute approximate surface area is 280 Å². The molecule has 3 aromatic carbocycles. The normalized spacial score (nSPS) is 17.9. The number of ether oxygens (including phenoxy) is 2. The fraction of sp³-hybridized carbons (Fsp3) is 0.405. The minimum Gasteiger partial charge on any atom is -0.488 e. The number of fused-ring (bicyclic) bond motifs is 6. The molecule has 5 aromatic rings. The molecule has 3 aliphatic heterocycles. The van der Waals surface area contributed by atoms with Gasteiger partial charge in [-0.25, -0.2) is 9.97 Å². The Morgan fingerprint density at radius 3 is 2.67 bits per heavy atom. The molecule has 252 valence electrons. The van der Waals surface area contributed by atoms with Crippen molar-refractivity contribution in [1.82, 2.24) is 35.5 Å². The van der Waals surface area contributed by atoms with E-state index in [0.29, 0.717) is 25.7 Å². The second kappa shape index (κ2) is 15.0. The largest absolute Gasteiger partial charge is 0.488 e. The third-order valence-corrected chi connectivity index (χ3v) is 8.97. The molecule has 3 aliphatic rings. The van der Waals surface area contributed by atoms with Gasteiger partial charge in [0.1, 0.15) is 24.0 Å². The average Bonchev–Trinajstić information content (AvgIpc) is 3.94. The third-order valence-electron chi connectivity index (χ3n) is 8.97. The standard InChI is InChI=1S/C32H33N7O2.C3H8.C2H4O2/c1-33-16-29(40)39-11-3-5-27(39)32-36-24-9-7-18-13-23-21-8-6-19(26-15-35-31(37-26)25-4-2-10-34-25)12-20(21)17-41-28(23)14-22(18)30(24)38-32;1-3-2;1-4-2-3/h6-9,12-15,25,27,33-34H,2-5,10-11,16-17H2,1H3,(H,35,37)(H,36,38);3H2,1-2H3;2H,1H3/t25-,27?;;/m0../s1. The molecule has 2 saturated heterocycles. The molecule has 4 N–H and O–H groups in total. The van der Waals surface area contributed by atoms with E-state index in [1.807, 2.05) is 11.1 Å². The second-order valence-electron chi connectivity index (χ2n) is 12.5. The molecule has 2 aromatic heterocycles. The first-order chi connectivity index (χ1) is 23.5. The smallest absolute Gasteiger partial charge is 0.292 e. The van der Waals surface area contributed by atoms with Gasteiger partial charge in [0.15, 0.2) is 0 Å². The summed E-state index contributed by atoms with van der Waals surface area (Å²) in [6.45, 7) is 7.30. The molecule has 5 heterocycles. The molecular formula is C37H45N7O4. The zero-order valence-corrected chi connectivity index (χ0v) is 28.2. The predicted molar refractivity (Wildman–Crippen MR) is 188 cm³/mol.